The van der Waals surface area contributed by atoms with E-state index in [-0.39, 0.29) is 47.0 Å². The summed E-state index contributed by atoms with van der Waals surface area (Å²) in [4.78, 5) is 50.4. The summed E-state index contributed by atoms with van der Waals surface area (Å²) in [6.07, 6.45) is 4.99. The summed E-state index contributed by atoms with van der Waals surface area (Å²) < 4.78 is 0. The van der Waals surface area contributed by atoms with Crippen molar-refractivity contribution >= 4 is 35.1 Å². The number of carbonyl (C=O) groups is 4. The van der Waals surface area contributed by atoms with Crippen LogP contribution in [0.15, 0.2) is 60.7 Å². The number of fused-ring (bicyclic) bond motifs is 5. The number of carboxylic acids is 1. The number of carbonyl (C=O) groups excluding carboxylic acids is 3. The predicted molar refractivity (Wildman–Crippen MR) is 108 cm³/mol. The van der Waals surface area contributed by atoms with E-state index >= 15 is 0 Å². The van der Waals surface area contributed by atoms with Crippen LogP contribution in [0.1, 0.15) is 27.1 Å². The Labute approximate surface area is 172 Å². The van der Waals surface area contributed by atoms with E-state index in [1.54, 1.807) is 24.3 Å². The number of imide groups is 1. The zero-order valence-corrected chi connectivity index (χ0v) is 15.8. The van der Waals surface area contributed by atoms with Crippen LogP contribution in [0.5, 0.6) is 0 Å². The average molecular weight is 402 g/mol. The Hall–Kier alpha value is -3.74. The van der Waals surface area contributed by atoms with Gasteiger partial charge in [-0.05, 0) is 66.8 Å². The summed E-state index contributed by atoms with van der Waals surface area (Å²) in [7, 11) is 0. The van der Waals surface area contributed by atoms with E-state index in [2.05, 4.69) is 17.5 Å². The number of carboxylic acid groups (broad SMARTS) is 1. The normalized spacial score (nSPS) is 26.2. The first-order valence-electron chi connectivity index (χ1n) is 9.75. The van der Waals surface area contributed by atoms with E-state index in [1.165, 1.54) is 29.2 Å². The Morgan fingerprint density at radius 1 is 0.833 bits per heavy atom. The molecule has 5 rings (SSSR count). The van der Waals surface area contributed by atoms with Gasteiger partial charge >= 0.3 is 5.97 Å². The van der Waals surface area contributed by atoms with Crippen molar-refractivity contribution in [1.29, 1.82) is 0 Å². The van der Waals surface area contributed by atoms with E-state index in [0.717, 1.165) is 6.42 Å². The van der Waals surface area contributed by atoms with Crippen molar-refractivity contribution in [3.63, 3.8) is 0 Å². The molecule has 0 radical (unpaired) electrons. The highest BCUT2D eigenvalue weighted by atomic mass is 16.4. The first-order valence-corrected chi connectivity index (χ1v) is 9.75. The van der Waals surface area contributed by atoms with Crippen LogP contribution in [0.25, 0.3) is 0 Å². The first kappa shape index (κ1) is 18.3. The Bertz CT molecular complexity index is 1070. The number of rotatable bonds is 4. The van der Waals surface area contributed by atoms with Crippen molar-refractivity contribution in [2.45, 2.75) is 6.42 Å². The number of aromatic carboxylic acids is 1. The maximum Gasteiger partial charge on any atom is 0.335 e. The molecule has 0 unspecified atom stereocenters. The highest BCUT2D eigenvalue weighted by molar-refractivity contribution is 6.23. The van der Waals surface area contributed by atoms with Gasteiger partial charge in [-0.2, -0.15) is 0 Å². The molecule has 0 spiro atoms. The third-order valence-corrected chi connectivity index (χ3v) is 6.25. The van der Waals surface area contributed by atoms with Crippen LogP contribution < -0.4 is 10.2 Å². The minimum Gasteiger partial charge on any atom is -0.478 e. The van der Waals surface area contributed by atoms with Crippen molar-refractivity contribution in [3.8, 4) is 0 Å². The Morgan fingerprint density at radius 2 is 1.37 bits per heavy atom. The van der Waals surface area contributed by atoms with Gasteiger partial charge in [0.05, 0.1) is 23.1 Å². The number of hydrogen-bond acceptors (Lipinski definition) is 4. The van der Waals surface area contributed by atoms with Crippen molar-refractivity contribution in [3.05, 3.63) is 71.8 Å². The summed E-state index contributed by atoms with van der Waals surface area (Å²) in [5, 5.41) is 11.6. The molecule has 7 heteroatoms. The van der Waals surface area contributed by atoms with Crippen LogP contribution in [-0.2, 0) is 9.59 Å². The third-order valence-electron chi connectivity index (χ3n) is 6.25. The maximum atomic E-state index is 12.9. The topological polar surface area (TPSA) is 104 Å². The second-order valence-electron chi connectivity index (χ2n) is 7.90. The second-order valence-corrected chi connectivity index (χ2v) is 7.90. The summed E-state index contributed by atoms with van der Waals surface area (Å²) in [5.41, 5.74) is 1.43. The number of hydrogen-bond donors (Lipinski definition) is 2. The number of nitrogens with zero attached hydrogens (tertiary/aromatic N) is 1. The highest BCUT2D eigenvalue weighted by Gasteiger charge is 2.59. The molecule has 150 valence electrons. The van der Waals surface area contributed by atoms with Gasteiger partial charge in [0.1, 0.15) is 0 Å². The standard InChI is InChI=1S/C23H18N2O5/c26-20(24-16-7-3-13(4-8-16)23(29)30)12-5-9-17(10-6-12)25-21(27)18-14-1-2-15(11-14)19(18)22(25)28/h1-10,14-15,18-19H,11H2,(H,24,26)(H,29,30)/t14-,15-,18-,19-/m0/s1. The van der Waals surface area contributed by atoms with Gasteiger partial charge in [-0.15, -0.1) is 0 Å². The van der Waals surface area contributed by atoms with Crippen molar-refractivity contribution in [2.75, 3.05) is 10.2 Å². The summed E-state index contributed by atoms with van der Waals surface area (Å²) in [6, 6.07) is 12.2. The van der Waals surface area contributed by atoms with Crippen molar-refractivity contribution in [2.24, 2.45) is 23.7 Å². The molecule has 2 aliphatic carbocycles. The van der Waals surface area contributed by atoms with E-state index < -0.39 is 5.97 Å². The third kappa shape index (κ3) is 2.74. The van der Waals surface area contributed by atoms with Gasteiger partial charge in [0, 0.05) is 11.3 Å². The molecule has 3 amide bonds. The van der Waals surface area contributed by atoms with E-state index in [4.69, 9.17) is 5.11 Å². The van der Waals surface area contributed by atoms with Crippen LogP contribution in [0, 0.1) is 23.7 Å². The SMILES string of the molecule is O=C(O)c1ccc(NC(=O)c2ccc(N3C(=O)[C@@H]4[C@@H](C3=O)[C@H]3C=C[C@H]4C3)cc2)cc1. The maximum absolute atomic E-state index is 12.9. The van der Waals surface area contributed by atoms with E-state index in [9.17, 15) is 19.2 Å². The smallest absolute Gasteiger partial charge is 0.335 e. The van der Waals surface area contributed by atoms with E-state index in [0.29, 0.717) is 16.9 Å². The Balaban J connectivity index is 1.31. The molecule has 2 aromatic carbocycles. The molecular formula is C23H18N2O5. The van der Waals surface area contributed by atoms with Gasteiger partial charge in [0.2, 0.25) is 11.8 Å². The molecule has 0 aromatic heterocycles. The van der Waals surface area contributed by atoms with E-state index in [1.807, 2.05) is 0 Å². The average Bonchev–Trinajstić information content (AvgIpc) is 3.42. The predicted octanol–water partition coefficient (Wildman–Crippen LogP) is 2.95. The highest BCUT2D eigenvalue weighted by Crippen LogP contribution is 2.53. The lowest BCUT2D eigenvalue weighted by Crippen LogP contribution is -2.32. The number of nitrogens with one attached hydrogen (secondary N) is 1. The zero-order valence-electron chi connectivity index (χ0n) is 15.8. The van der Waals surface area contributed by atoms with Crippen molar-refractivity contribution in [1.82, 2.24) is 0 Å². The molecule has 1 heterocycles. The van der Waals surface area contributed by atoms with Gasteiger partial charge in [0.25, 0.3) is 5.91 Å². The van der Waals surface area contributed by atoms with Gasteiger partial charge in [-0.3, -0.25) is 19.3 Å². The van der Waals surface area contributed by atoms with Gasteiger partial charge in [-0.25, -0.2) is 4.79 Å². The quantitative estimate of drug-likeness (QED) is 0.605. The fraction of sp³-hybridized carbons (Fsp3) is 0.217. The molecule has 2 bridgehead atoms. The summed E-state index contributed by atoms with van der Waals surface area (Å²) in [6.45, 7) is 0. The minimum absolute atomic E-state index is 0.130. The summed E-state index contributed by atoms with van der Waals surface area (Å²) in [5.74, 6) is -1.94. The van der Waals surface area contributed by atoms with Crippen LogP contribution >= 0.6 is 0 Å². The molecule has 1 saturated heterocycles. The number of allylic oxidation sites excluding steroid dienone is 2. The molecule has 1 saturated carbocycles. The fourth-order valence-electron chi connectivity index (χ4n) is 4.82. The molecule has 7 nitrogen and oxygen atoms in total. The molecule has 4 atom stereocenters. The number of anilines is 2. The molecule has 2 N–H and O–H groups in total. The minimum atomic E-state index is -1.04. The van der Waals surface area contributed by atoms with Gasteiger partial charge in [-0.1, -0.05) is 12.2 Å². The van der Waals surface area contributed by atoms with Crippen molar-refractivity contribution < 1.29 is 24.3 Å². The Kier molecular flexibility index (Phi) is 4.06. The van der Waals surface area contributed by atoms with Crippen LogP contribution in [0.4, 0.5) is 11.4 Å². The van der Waals surface area contributed by atoms with Gasteiger partial charge in [0.15, 0.2) is 0 Å². The summed E-state index contributed by atoms with van der Waals surface area (Å²) >= 11 is 0. The first-order chi connectivity index (χ1) is 14.4. The molecule has 30 heavy (non-hydrogen) atoms. The zero-order chi connectivity index (χ0) is 21.0. The largest absolute Gasteiger partial charge is 0.478 e. The molecule has 2 aromatic rings. The number of benzene rings is 2. The molecule has 1 aliphatic heterocycles. The lowest BCUT2D eigenvalue weighted by molar-refractivity contribution is -0.123. The lowest BCUT2D eigenvalue weighted by atomic mass is 9.85. The van der Waals surface area contributed by atoms with Gasteiger partial charge < -0.3 is 10.4 Å². The van der Waals surface area contributed by atoms with Crippen LogP contribution in [0.2, 0.25) is 0 Å². The Morgan fingerprint density at radius 3 is 1.90 bits per heavy atom. The second kappa shape index (κ2) is 6.66. The molecule has 2 fully saturated rings. The van der Waals surface area contributed by atoms with Crippen LogP contribution in [0.3, 0.4) is 0 Å². The van der Waals surface area contributed by atoms with Crippen LogP contribution in [-0.4, -0.2) is 28.8 Å². The fourth-order valence-corrected chi connectivity index (χ4v) is 4.82. The number of amides is 3. The monoisotopic (exact) mass is 402 g/mol. The molecular weight excluding hydrogens is 384 g/mol. The molecule has 3 aliphatic rings. The lowest BCUT2D eigenvalue weighted by Gasteiger charge is -2.17.